The normalized spacial score (nSPS) is 20.4. The van der Waals surface area contributed by atoms with Gasteiger partial charge >= 0.3 is 0 Å². The van der Waals surface area contributed by atoms with Crippen molar-refractivity contribution in [1.29, 1.82) is 0 Å². The van der Waals surface area contributed by atoms with E-state index in [1.165, 1.54) is 33.7 Å². The number of aliphatic hydroxyl groups is 1. The summed E-state index contributed by atoms with van der Waals surface area (Å²) in [7, 11) is 0. The molecule has 7 nitrogen and oxygen atoms in total. The lowest BCUT2D eigenvalue weighted by Gasteiger charge is -2.31. The van der Waals surface area contributed by atoms with Crippen molar-refractivity contribution in [3.05, 3.63) is 63.3 Å². The third-order valence-corrected chi connectivity index (χ3v) is 6.68. The molecule has 3 aliphatic rings. The van der Waals surface area contributed by atoms with Crippen LogP contribution in [0.25, 0.3) is 5.69 Å². The first kappa shape index (κ1) is 20.9. The number of nitrogens with zero attached hydrogens (tertiary/aromatic N) is 3. The molecule has 0 radical (unpaired) electrons. The Kier molecular flexibility index (Phi) is 5.33. The van der Waals surface area contributed by atoms with Crippen LogP contribution in [0, 0.1) is 11.7 Å². The van der Waals surface area contributed by atoms with Gasteiger partial charge in [0.05, 0.1) is 6.10 Å². The summed E-state index contributed by atoms with van der Waals surface area (Å²) in [6, 6.07) is 5.53. The van der Waals surface area contributed by atoms with Crippen LogP contribution in [-0.2, 0) is 17.8 Å². The molecule has 1 atom stereocenters. The van der Waals surface area contributed by atoms with Crippen LogP contribution in [-0.4, -0.2) is 57.0 Å². The lowest BCUT2D eigenvalue weighted by molar-refractivity contribution is -0.132. The minimum Gasteiger partial charge on any atom is -0.391 e. The van der Waals surface area contributed by atoms with Crippen LogP contribution in [0.2, 0.25) is 0 Å². The number of likely N-dealkylation sites (tertiary alicyclic amines) is 1. The van der Waals surface area contributed by atoms with Crippen molar-refractivity contribution < 1.29 is 19.1 Å². The Balaban J connectivity index is 1.56. The monoisotopic (exact) mass is 439 g/mol. The van der Waals surface area contributed by atoms with Crippen molar-refractivity contribution in [2.45, 2.75) is 44.8 Å². The Labute approximate surface area is 185 Å². The first-order chi connectivity index (χ1) is 15.4. The lowest BCUT2D eigenvalue weighted by Crippen LogP contribution is -2.42. The minimum absolute atomic E-state index is 0.0928. The van der Waals surface area contributed by atoms with E-state index >= 15 is 0 Å². The van der Waals surface area contributed by atoms with E-state index in [4.69, 9.17) is 0 Å². The van der Waals surface area contributed by atoms with Gasteiger partial charge in [-0.2, -0.15) is 0 Å². The number of hydrogen-bond donors (Lipinski definition) is 1. The number of aliphatic hydroxyl groups excluding tert-OH is 1. The number of β-amino-alcohol motifs (C(OH)–C–C–N with tert-alkyl or cyclic N) is 1. The van der Waals surface area contributed by atoms with Crippen LogP contribution in [0.1, 0.15) is 47.2 Å². The summed E-state index contributed by atoms with van der Waals surface area (Å²) in [5.41, 5.74) is 1.52. The summed E-state index contributed by atoms with van der Waals surface area (Å²) >= 11 is 0. The van der Waals surface area contributed by atoms with Gasteiger partial charge in [0.15, 0.2) is 0 Å². The Hall–Kier alpha value is -3.00. The van der Waals surface area contributed by atoms with Crippen molar-refractivity contribution >= 4 is 11.8 Å². The zero-order valence-electron chi connectivity index (χ0n) is 17.8. The van der Waals surface area contributed by atoms with Crippen LogP contribution in [0.4, 0.5) is 4.39 Å². The highest BCUT2D eigenvalue weighted by Gasteiger charge is 2.34. The third kappa shape index (κ3) is 3.95. The summed E-state index contributed by atoms with van der Waals surface area (Å²) in [6.07, 6.45) is 4.75. The Morgan fingerprint density at radius 2 is 1.81 bits per heavy atom. The van der Waals surface area contributed by atoms with Crippen molar-refractivity contribution in [2.75, 3.05) is 19.6 Å². The molecule has 8 heteroatoms. The Bertz CT molecular complexity index is 1120. The summed E-state index contributed by atoms with van der Waals surface area (Å²) in [4.78, 5) is 42.8. The summed E-state index contributed by atoms with van der Waals surface area (Å²) in [5.74, 6) is -0.222. The van der Waals surface area contributed by atoms with E-state index in [0.29, 0.717) is 56.1 Å². The number of carbonyl (C=O) groups excluding carboxylic acids is 2. The van der Waals surface area contributed by atoms with E-state index in [9.17, 15) is 23.9 Å². The van der Waals surface area contributed by atoms with E-state index in [2.05, 4.69) is 0 Å². The van der Waals surface area contributed by atoms with E-state index in [1.807, 2.05) is 0 Å². The molecule has 2 aromatic rings. The number of pyridine rings is 1. The first-order valence-corrected chi connectivity index (χ1v) is 11.2. The highest BCUT2D eigenvalue weighted by Crippen LogP contribution is 2.34. The molecular weight excluding hydrogens is 413 g/mol. The quantitative estimate of drug-likeness (QED) is 0.789. The number of aromatic nitrogens is 1. The number of halogens is 1. The van der Waals surface area contributed by atoms with Gasteiger partial charge in [-0.15, -0.1) is 0 Å². The summed E-state index contributed by atoms with van der Waals surface area (Å²) in [6.45, 7) is 1.41. The van der Waals surface area contributed by atoms with Gasteiger partial charge in [-0.05, 0) is 67.0 Å². The third-order valence-electron chi connectivity index (χ3n) is 6.68. The van der Waals surface area contributed by atoms with Crippen molar-refractivity contribution in [3.63, 3.8) is 0 Å². The van der Waals surface area contributed by atoms with Gasteiger partial charge in [0.2, 0.25) is 5.91 Å². The van der Waals surface area contributed by atoms with Crippen molar-refractivity contribution in [1.82, 2.24) is 14.4 Å². The molecular formula is C24H26FN3O4. The molecule has 5 rings (SSSR count). The zero-order valence-corrected chi connectivity index (χ0v) is 17.8. The molecule has 1 unspecified atom stereocenters. The Morgan fingerprint density at radius 1 is 1.06 bits per heavy atom. The van der Waals surface area contributed by atoms with Crippen molar-refractivity contribution in [3.8, 4) is 5.69 Å². The van der Waals surface area contributed by atoms with Gasteiger partial charge in [-0.25, -0.2) is 4.39 Å². The van der Waals surface area contributed by atoms with Gasteiger partial charge in [0, 0.05) is 44.5 Å². The molecule has 1 saturated carbocycles. The first-order valence-electron chi connectivity index (χ1n) is 11.2. The average molecular weight is 439 g/mol. The fourth-order valence-corrected chi connectivity index (χ4v) is 4.67. The highest BCUT2D eigenvalue weighted by molar-refractivity contribution is 5.96. The van der Waals surface area contributed by atoms with Crippen LogP contribution >= 0.6 is 0 Å². The van der Waals surface area contributed by atoms with E-state index < -0.39 is 23.4 Å². The van der Waals surface area contributed by atoms with Gasteiger partial charge in [-0.3, -0.25) is 19.0 Å². The molecule has 2 aliphatic heterocycles. The maximum atomic E-state index is 13.5. The Morgan fingerprint density at radius 3 is 2.47 bits per heavy atom. The van der Waals surface area contributed by atoms with Gasteiger partial charge in [0.1, 0.15) is 11.4 Å². The number of benzene rings is 1. The van der Waals surface area contributed by atoms with E-state index in [0.717, 1.165) is 18.4 Å². The molecule has 3 heterocycles. The predicted molar refractivity (Wildman–Crippen MR) is 115 cm³/mol. The van der Waals surface area contributed by atoms with E-state index in [-0.39, 0.29) is 18.0 Å². The smallest absolute Gasteiger partial charge is 0.268 e. The molecule has 2 fully saturated rings. The molecule has 1 aromatic heterocycles. The SMILES string of the molecule is O=C(CC1CC1)N1CCc2c(cn(-c3ccc(F)cc3)c(=O)c2C(=O)N2CCC(O)C2)C1. The maximum absolute atomic E-state index is 13.5. The second-order valence-corrected chi connectivity index (χ2v) is 9.07. The van der Waals surface area contributed by atoms with Gasteiger partial charge in [0.25, 0.3) is 11.5 Å². The molecule has 168 valence electrons. The standard InChI is InChI=1S/C24H26FN3O4/c25-17-3-5-18(6-4-17)28-13-16-12-26(21(30)11-15-1-2-15)10-8-20(16)22(24(28)32)23(31)27-9-7-19(29)14-27/h3-6,13,15,19,29H,1-2,7-12,14H2. The van der Waals surface area contributed by atoms with Crippen LogP contribution in [0.5, 0.6) is 0 Å². The predicted octanol–water partition coefficient (Wildman–Crippen LogP) is 1.87. The lowest BCUT2D eigenvalue weighted by atomic mass is 9.95. The average Bonchev–Trinajstić information content (AvgIpc) is 3.49. The zero-order chi connectivity index (χ0) is 22.4. The summed E-state index contributed by atoms with van der Waals surface area (Å²) < 4.78 is 14.8. The molecule has 1 aliphatic carbocycles. The van der Waals surface area contributed by atoms with Crippen LogP contribution < -0.4 is 5.56 Å². The second kappa shape index (κ2) is 8.16. The largest absolute Gasteiger partial charge is 0.391 e. The molecule has 1 saturated heterocycles. The second-order valence-electron chi connectivity index (χ2n) is 9.07. The van der Waals surface area contributed by atoms with Gasteiger partial charge < -0.3 is 14.9 Å². The topological polar surface area (TPSA) is 82.9 Å². The molecule has 32 heavy (non-hydrogen) atoms. The van der Waals surface area contributed by atoms with Gasteiger partial charge in [-0.1, -0.05) is 0 Å². The number of hydrogen-bond acceptors (Lipinski definition) is 4. The van der Waals surface area contributed by atoms with Crippen LogP contribution in [0.15, 0.2) is 35.3 Å². The highest BCUT2D eigenvalue weighted by atomic mass is 19.1. The minimum atomic E-state index is -0.589. The number of fused-ring (bicyclic) bond motifs is 1. The van der Waals surface area contributed by atoms with E-state index in [1.54, 1.807) is 11.1 Å². The number of amides is 2. The molecule has 2 amide bonds. The molecule has 1 N–H and O–H groups in total. The van der Waals surface area contributed by atoms with Crippen LogP contribution in [0.3, 0.4) is 0 Å². The maximum Gasteiger partial charge on any atom is 0.268 e. The molecule has 0 spiro atoms. The molecule has 0 bridgehead atoms. The number of carbonyl (C=O) groups is 2. The van der Waals surface area contributed by atoms with Crippen molar-refractivity contribution in [2.24, 2.45) is 5.92 Å². The summed E-state index contributed by atoms with van der Waals surface area (Å²) in [5, 5.41) is 9.88. The fraction of sp³-hybridized carbons (Fsp3) is 0.458. The molecule has 1 aromatic carbocycles. The fourth-order valence-electron chi connectivity index (χ4n) is 4.67. The number of rotatable bonds is 4.